The van der Waals surface area contributed by atoms with Gasteiger partial charge in [-0.2, -0.15) is 0 Å². The zero-order valence-electron chi connectivity index (χ0n) is 10.4. The highest BCUT2D eigenvalue weighted by Crippen LogP contribution is 2.06. The van der Waals surface area contributed by atoms with Gasteiger partial charge in [0.2, 0.25) is 0 Å². The number of carboxylic acid groups (broad SMARTS) is 1. The van der Waals surface area contributed by atoms with E-state index in [9.17, 15) is 9.59 Å². The maximum atomic E-state index is 11.7. The van der Waals surface area contributed by atoms with Crippen molar-refractivity contribution in [3.05, 3.63) is 35.5 Å². The molecule has 106 valence electrons. The van der Waals surface area contributed by atoms with Crippen molar-refractivity contribution >= 4 is 11.9 Å². The molecule has 0 radical (unpaired) electrons. The summed E-state index contributed by atoms with van der Waals surface area (Å²) < 4.78 is 6.51. The predicted molar refractivity (Wildman–Crippen MR) is 65.9 cm³/mol. The Morgan fingerprint density at radius 2 is 2.25 bits per heavy atom. The zero-order chi connectivity index (χ0) is 14.5. The number of carbonyl (C=O) groups excluding carboxylic acids is 1. The average molecular weight is 279 g/mol. The van der Waals surface area contributed by atoms with Crippen molar-refractivity contribution in [3.63, 3.8) is 0 Å². The molecule has 0 saturated heterocycles. The Bertz CT molecular complexity index is 618. The molecular formula is C11H13N5O4. The molecule has 1 amide bonds. The Morgan fingerprint density at radius 3 is 2.85 bits per heavy atom. The first kappa shape index (κ1) is 13.7. The molecule has 0 spiro atoms. The quantitative estimate of drug-likeness (QED) is 0.645. The van der Waals surface area contributed by atoms with Crippen molar-refractivity contribution in [2.75, 3.05) is 6.54 Å². The van der Waals surface area contributed by atoms with Gasteiger partial charge in [0.25, 0.3) is 5.91 Å². The molecule has 0 saturated carbocycles. The zero-order valence-corrected chi connectivity index (χ0v) is 10.4. The van der Waals surface area contributed by atoms with E-state index in [1.807, 2.05) is 0 Å². The van der Waals surface area contributed by atoms with Gasteiger partial charge in [-0.1, -0.05) is 5.21 Å². The number of nitrogens with one attached hydrogen (secondary N) is 1. The molecule has 2 heterocycles. The maximum Gasteiger partial charge on any atom is 0.358 e. The van der Waals surface area contributed by atoms with E-state index in [4.69, 9.17) is 15.3 Å². The fourth-order valence-electron chi connectivity index (χ4n) is 1.49. The second-order valence-corrected chi connectivity index (χ2v) is 3.90. The van der Waals surface area contributed by atoms with Gasteiger partial charge in [0.05, 0.1) is 19.3 Å². The van der Waals surface area contributed by atoms with Gasteiger partial charge in [-0.05, 0) is 12.1 Å². The van der Waals surface area contributed by atoms with E-state index in [1.54, 1.807) is 6.07 Å². The highest BCUT2D eigenvalue weighted by Gasteiger charge is 2.11. The number of aromatic nitrogens is 3. The lowest BCUT2D eigenvalue weighted by molar-refractivity contribution is 0.0690. The van der Waals surface area contributed by atoms with Crippen molar-refractivity contribution in [2.24, 2.45) is 5.73 Å². The molecule has 0 atom stereocenters. The SMILES string of the molecule is NCc1ccc(C(=O)NCCn2cc(C(=O)O)nn2)o1. The number of furan rings is 1. The second kappa shape index (κ2) is 5.97. The third-order valence-electron chi connectivity index (χ3n) is 2.47. The summed E-state index contributed by atoms with van der Waals surface area (Å²) in [7, 11) is 0. The minimum Gasteiger partial charge on any atom is -0.476 e. The van der Waals surface area contributed by atoms with Gasteiger partial charge in [0, 0.05) is 6.54 Å². The fourth-order valence-corrected chi connectivity index (χ4v) is 1.49. The van der Waals surface area contributed by atoms with Crippen molar-refractivity contribution in [2.45, 2.75) is 13.1 Å². The molecule has 0 bridgehead atoms. The molecular weight excluding hydrogens is 266 g/mol. The number of hydrogen-bond donors (Lipinski definition) is 3. The molecule has 0 aliphatic heterocycles. The van der Waals surface area contributed by atoms with Crippen LogP contribution in [0.2, 0.25) is 0 Å². The van der Waals surface area contributed by atoms with Crippen LogP contribution in [0.4, 0.5) is 0 Å². The number of amides is 1. The number of nitrogens with two attached hydrogens (primary N) is 1. The largest absolute Gasteiger partial charge is 0.476 e. The lowest BCUT2D eigenvalue weighted by Crippen LogP contribution is -2.27. The Morgan fingerprint density at radius 1 is 1.45 bits per heavy atom. The summed E-state index contributed by atoms with van der Waals surface area (Å²) in [6, 6.07) is 3.17. The van der Waals surface area contributed by atoms with E-state index in [-0.39, 0.29) is 30.5 Å². The molecule has 9 heteroatoms. The Balaban J connectivity index is 1.82. The van der Waals surface area contributed by atoms with Crippen LogP contribution in [0.15, 0.2) is 22.7 Å². The van der Waals surface area contributed by atoms with Crippen LogP contribution >= 0.6 is 0 Å². The Labute approximate surface area is 113 Å². The summed E-state index contributed by atoms with van der Waals surface area (Å²) in [5, 5.41) is 18.4. The van der Waals surface area contributed by atoms with Crippen molar-refractivity contribution in [3.8, 4) is 0 Å². The molecule has 0 unspecified atom stereocenters. The van der Waals surface area contributed by atoms with E-state index in [2.05, 4.69) is 15.6 Å². The molecule has 0 aliphatic carbocycles. The first-order chi connectivity index (χ1) is 9.60. The standard InChI is InChI=1S/C11H13N5O4/c12-5-7-1-2-9(20-7)10(17)13-3-4-16-6-8(11(18)19)14-15-16/h1-2,6H,3-5,12H2,(H,13,17)(H,18,19). The fraction of sp³-hybridized carbons (Fsp3) is 0.273. The van der Waals surface area contributed by atoms with Gasteiger partial charge in [-0.3, -0.25) is 4.79 Å². The summed E-state index contributed by atoms with van der Waals surface area (Å²) >= 11 is 0. The van der Waals surface area contributed by atoms with Gasteiger partial charge >= 0.3 is 5.97 Å². The third kappa shape index (κ3) is 3.20. The molecule has 20 heavy (non-hydrogen) atoms. The number of aromatic carboxylic acids is 1. The minimum atomic E-state index is -1.15. The van der Waals surface area contributed by atoms with E-state index in [1.165, 1.54) is 16.9 Å². The third-order valence-corrected chi connectivity index (χ3v) is 2.47. The van der Waals surface area contributed by atoms with Crippen LogP contribution in [0.1, 0.15) is 26.8 Å². The normalized spacial score (nSPS) is 10.4. The second-order valence-electron chi connectivity index (χ2n) is 3.90. The summed E-state index contributed by atoms with van der Waals surface area (Å²) in [4.78, 5) is 22.3. The van der Waals surface area contributed by atoms with Crippen LogP contribution in [0.3, 0.4) is 0 Å². The van der Waals surface area contributed by atoms with Crippen LogP contribution in [0, 0.1) is 0 Å². The van der Waals surface area contributed by atoms with Crippen LogP contribution in [0.5, 0.6) is 0 Å². The molecule has 0 aromatic carbocycles. The number of hydrogen-bond acceptors (Lipinski definition) is 6. The van der Waals surface area contributed by atoms with Crippen LogP contribution in [-0.4, -0.2) is 38.5 Å². The molecule has 4 N–H and O–H groups in total. The van der Waals surface area contributed by atoms with E-state index < -0.39 is 5.97 Å². The molecule has 0 fully saturated rings. The number of rotatable bonds is 6. The van der Waals surface area contributed by atoms with Gasteiger partial charge in [0.1, 0.15) is 5.76 Å². The van der Waals surface area contributed by atoms with Crippen molar-refractivity contribution < 1.29 is 19.1 Å². The van der Waals surface area contributed by atoms with Crippen LogP contribution in [0.25, 0.3) is 0 Å². The molecule has 2 rings (SSSR count). The maximum absolute atomic E-state index is 11.7. The number of carbonyl (C=O) groups is 2. The summed E-state index contributed by atoms with van der Waals surface area (Å²) in [5.74, 6) is -0.818. The van der Waals surface area contributed by atoms with Gasteiger partial charge in [-0.15, -0.1) is 5.10 Å². The molecule has 9 nitrogen and oxygen atoms in total. The predicted octanol–water partition coefficient (Wildman–Crippen LogP) is -0.542. The highest BCUT2D eigenvalue weighted by atomic mass is 16.4. The average Bonchev–Trinajstić information content (AvgIpc) is 3.07. The summed E-state index contributed by atoms with van der Waals surface area (Å²) in [6.07, 6.45) is 1.29. The molecule has 2 aromatic rings. The van der Waals surface area contributed by atoms with Crippen molar-refractivity contribution in [1.82, 2.24) is 20.3 Å². The van der Waals surface area contributed by atoms with E-state index in [0.717, 1.165) is 0 Å². The Kier molecular flexibility index (Phi) is 4.11. The molecule has 2 aromatic heterocycles. The lowest BCUT2D eigenvalue weighted by atomic mass is 10.4. The highest BCUT2D eigenvalue weighted by molar-refractivity contribution is 5.91. The van der Waals surface area contributed by atoms with E-state index in [0.29, 0.717) is 12.3 Å². The smallest absolute Gasteiger partial charge is 0.358 e. The monoisotopic (exact) mass is 279 g/mol. The van der Waals surface area contributed by atoms with E-state index >= 15 is 0 Å². The molecule has 0 aliphatic rings. The number of nitrogens with zero attached hydrogens (tertiary/aromatic N) is 3. The number of carboxylic acids is 1. The van der Waals surface area contributed by atoms with Gasteiger partial charge in [0.15, 0.2) is 11.5 Å². The topological polar surface area (TPSA) is 136 Å². The van der Waals surface area contributed by atoms with Gasteiger partial charge in [-0.25, -0.2) is 9.48 Å². The van der Waals surface area contributed by atoms with Gasteiger partial charge < -0.3 is 20.6 Å². The first-order valence-corrected chi connectivity index (χ1v) is 5.80. The summed E-state index contributed by atoms with van der Waals surface area (Å²) in [6.45, 7) is 0.792. The first-order valence-electron chi connectivity index (χ1n) is 5.80. The van der Waals surface area contributed by atoms with Crippen LogP contribution in [-0.2, 0) is 13.1 Å². The lowest BCUT2D eigenvalue weighted by Gasteiger charge is -2.02. The minimum absolute atomic E-state index is 0.144. The summed E-state index contributed by atoms with van der Waals surface area (Å²) in [5.41, 5.74) is 5.23. The van der Waals surface area contributed by atoms with Crippen molar-refractivity contribution in [1.29, 1.82) is 0 Å². The Hall–Kier alpha value is -2.68. The van der Waals surface area contributed by atoms with Crippen LogP contribution < -0.4 is 11.1 Å².